The lowest BCUT2D eigenvalue weighted by molar-refractivity contribution is -0.137. The molecule has 0 unspecified atom stereocenters. The van der Waals surface area contributed by atoms with Gasteiger partial charge in [-0.3, -0.25) is 9.59 Å². The van der Waals surface area contributed by atoms with E-state index in [0.29, 0.717) is 5.56 Å². The smallest absolute Gasteiger partial charge is 0.341 e. The number of aromatic nitrogens is 1. The molecule has 2 aromatic heterocycles. The Kier molecular flexibility index (Phi) is 6.43. The number of thiophene rings is 1. The summed E-state index contributed by atoms with van der Waals surface area (Å²) >= 11 is 1.52. The number of ether oxygens (including phenoxy) is 1. The number of hydrogen-bond donors (Lipinski definition) is 1. The van der Waals surface area contributed by atoms with Gasteiger partial charge in [-0.2, -0.15) is 0 Å². The molecule has 0 saturated carbocycles. The molecule has 2 amide bonds. The van der Waals surface area contributed by atoms with E-state index in [0.717, 1.165) is 26.8 Å². The van der Waals surface area contributed by atoms with Gasteiger partial charge in [0.15, 0.2) is 6.61 Å². The maximum absolute atomic E-state index is 12.7. The average Bonchev–Trinajstić information content (AvgIpc) is 3.10. The lowest BCUT2D eigenvalue weighted by Crippen LogP contribution is -2.39. The second-order valence-electron chi connectivity index (χ2n) is 6.41. The fourth-order valence-electron chi connectivity index (χ4n) is 2.69. The molecule has 8 heteroatoms. The van der Waals surface area contributed by atoms with Crippen molar-refractivity contribution in [1.29, 1.82) is 0 Å². The van der Waals surface area contributed by atoms with Crippen LogP contribution in [0, 0.1) is 27.7 Å². The van der Waals surface area contributed by atoms with Crippen molar-refractivity contribution in [2.75, 3.05) is 27.2 Å². The second kappa shape index (κ2) is 8.39. The van der Waals surface area contributed by atoms with Gasteiger partial charge in [0.1, 0.15) is 5.00 Å². The molecule has 0 spiro atoms. The van der Waals surface area contributed by atoms with Crippen molar-refractivity contribution in [3.05, 3.63) is 39.5 Å². The number of aryl methyl sites for hydroxylation is 3. The number of rotatable bonds is 6. The highest BCUT2D eigenvalue weighted by Crippen LogP contribution is 2.33. The molecule has 0 aromatic carbocycles. The summed E-state index contributed by atoms with van der Waals surface area (Å²) in [6.45, 7) is 7.28. The molecule has 7 nitrogen and oxygen atoms in total. The number of nitrogens with zero attached hydrogens (tertiary/aromatic N) is 2. The summed E-state index contributed by atoms with van der Waals surface area (Å²) in [6.07, 6.45) is 0. The van der Waals surface area contributed by atoms with Crippen LogP contribution in [0.5, 0.6) is 0 Å². The van der Waals surface area contributed by atoms with Gasteiger partial charge in [-0.05, 0) is 45.4 Å². The topological polar surface area (TPSA) is 80.6 Å². The maximum atomic E-state index is 12.7. The lowest BCUT2D eigenvalue weighted by Gasteiger charge is -2.16. The van der Waals surface area contributed by atoms with Crippen LogP contribution in [0.15, 0.2) is 12.1 Å². The van der Waals surface area contributed by atoms with Gasteiger partial charge in [-0.15, -0.1) is 11.3 Å². The first kappa shape index (κ1) is 20.7. The summed E-state index contributed by atoms with van der Waals surface area (Å²) in [5.74, 6) is -1.27. The summed E-state index contributed by atoms with van der Waals surface area (Å²) in [7, 11) is 2.98. The predicted octanol–water partition coefficient (Wildman–Crippen LogP) is 2.13. The van der Waals surface area contributed by atoms with Gasteiger partial charge in [-0.25, -0.2) is 4.79 Å². The molecule has 0 fully saturated rings. The van der Waals surface area contributed by atoms with E-state index in [-0.39, 0.29) is 12.5 Å². The lowest BCUT2D eigenvalue weighted by atomic mass is 10.1. The van der Waals surface area contributed by atoms with Crippen molar-refractivity contribution in [2.45, 2.75) is 27.7 Å². The average molecular weight is 391 g/mol. The zero-order valence-electron chi connectivity index (χ0n) is 16.5. The minimum Gasteiger partial charge on any atom is -0.452 e. The highest BCUT2D eigenvalue weighted by Gasteiger charge is 2.24. The molecule has 1 N–H and O–H groups in total. The Bertz CT molecular complexity index is 862. The third kappa shape index (κ3) is 4.39. The Morgan fingerprint density at radius 3 is 2.30 bits per heavy atom. The van der Waals surface area contributed by atoms with Crippen molar-refractivity contribution >= 4 is 29.1 Å². The molecule has 27 heavy (non-hydrogen) atoms. The molecule has 0 atom stereocenters. The second-order valence-corrected chi connectivity index (χ2v) is 7.62. The van der Waals surface area contributed by atoms with Crippen LogP contribution in [0.1, 0.15) is 32.2 Å². The summed E-state index contributed by atoms with van der Waals surface area (Å²) in [5.41, 5.74) is 3.36. The first-order valence-electron chi connectivity index (χ1n) is 8.54. The Morgan fingerprint density at radius 2 is 1.74 bits per heavy atom. The van der Waals surface area contributed by atoms with E-state index in [4.69, 9.17) is 4.74 Å². The van der Waals surface area contributed by atoms with Gasteiger partial charge in [0.2, 0.25) is 5.91 Å². The minimum absolute atomic E-state index is 0.0868. The Hall–Kier alpha value is -2.61. The molecule has 0 bridgehead atoms. The van der Waals surface area contributed by atoms with Gasteiger partial charge in [0.25, 0.3) is 5.91 Å². The molecule has 2 heterocycles. The van der Waals surface area contributed by atoms with Crippen LogP contribution in [-0.2, 0) is 14.3 Å². The number of nitrogens with one attached hydrogen (secondary N) is 1. The van der Waals surface area contributed by atoms with Gasteiger partial charge in [-0.1, -0.05) is 0 Å². The van der Waals surface area contributed by atoms with Crippen LogP contribution in [0.3, 0.4) is 0 Å². The van der Waals surface area contributed by atoms with Gasteiger partial charge in [0.05, 0.1) is 12.1 Å². The molecule has 0 aliphatic rings. The molecular formula is C19H25N3O4S. The van der Waals surface area contributed by atoms with Gasteiger partial charge >= 0.3 is 5.97 Å². The zero-order chi connectivity index (χ0) is 20.3. The number of carbonyl (C=O) groups excluding carboxylic acids is 3. The number of amides is 2. The molecule has 0 aliphatic heterocycles. The van der Waals surface area contributed by atoms with Crippen LogP contribution >= 0.6 is 11.3 Å². The number of likely N-dealkylation sites (N-methyl/N-ethyl adjacent to an activating group) is 2. The summed E-state index contributed by atoms with van der Waals surface area (Å²) in [5, 5.41) is 3.24. The molecule has 0 saturated heterocycles. The number of esters is 1. The van der Waals surface area contributed by atoms with Crippen LogP contribution in [-0.4, -0.2) is 54.5 Å². The van der Waals surface area contributed by atoms with Crippen LogP contribution in [0.2, 0.25) is 0 Å². The van der Waals surface area contributed by atoms with Crippen LogP contribution < -0.4 is 5.32 Å². The third-order valence-electron chi connectivity index (χ3n) is 4.46. The van der Waals surface area contributed by atoms with Crippen molar-refractivity contribution in [3.63, 3.8) is 0 Å². The fourth-order valence-corrected chi connectivity index (χ4v) is 3.95. The van der Waals surface area contributed by atoms with Crippen LogP contribution in [0.25, 0.3) is 5.00 Å². The standard InChI is InChI=1S/C19H25N3O4S/c1-11-7-8-12(2)22(11)18-17(13(3)14(4)27-18)19(25)26-10-16(24)21(6)9-15(23)20-5/h7-8H,9-10H2,1-6H3,(H,20,23). The number of hydrogen-bond acceptors (Lipinski definition) is 5. The van der Waals surface area contributed by atoms with Crippen molar-refractivity contribution < 1.29 is 19.1 Å². The molecule has 2 aromatic rings. The normalized spacial score (nSPS) is 10.6. The maximum Gasteiger partial charge on any atom is 0.341 e. The van der Waals surface area contributed by atoms with E-state index in [1.165, 1.54) is 30.3 Å². The minimum atomic E-state index is -0.541. The van der Waals surface area contributed by atoms with Crippen LogP contribution in [0.4, 0.5) is 0 Å². The van der Waals surface area contributed by atoms with E-state index in [2.05, 4.69) is 5.32 Å². The highest BCUT2D eigenvalue weighted by atomic mass is 32.1. The summed E-state index contributed by atoms with van der Waals surface area (Å²) < 4.78 is 7.29. The summed E-state index contributed by atoms with van der Waals surface area (Å²) in [4.78, 5) is 38.5. The largest absolute Gasteiger partial charge is 0.452 e. The SMILES string of the molecule is CNC(=O)CN(C)C(=O)COC(=O)c1c(-n2c(C)ccc2C)sc(C)c1C. The zero-order valence-corrected chi connectivity index (χ0v) is 17.3. The fraction of sp³-hybridized carbons (Fsp3) is 0.421. The predicted molar refractivity (Wildman–Crippen MR) is 105 cm³/mol. The Morgan fingerprint density at radius 1 is 1.15 bits per heavy atom. The van der Waals surface area contributed by atoms with Crippen molar-refractivity contribution in [3.8, 4) is 5.00 Å². The van der Waals surface area contributed by atoms with E-state index in [9.17, 15) is 14.4 Å². The first-order chi connectivity index (χ1) is 12.7. The number of carbonyl (C=O) groups is 3. The van der Waals surface area contributed by atoms with Gasteiger partial charge < -0.3 is 19.5 Å². The van der Waals surface area contributed by atoms with E-state index >= 15 is 0 Å². The molecule has 2 rings (SSSR count). The summed E-state index contributed by atoms with van der Waals surface area (Å²) in [6, 6.07) is 3.98. The molecule has 146 valence electrons. The van der Waals surface area contributed by atoms with E-state index in [1.807, 2.05) is 44.4 Å². The monoisotopic (exact) mass is 391 g/mol. The Balaban J connectivity index is 2.20. The first-order valence-corrected chi connectivity index (χ1v) is 9.36. The quantitative estimate of drug-likeness (QED) is 0.765. The molecule has 0 aliphatic carbocycles. The van der Waals surface area contributed by atoms with Crippen molar-refractivity contribution in [2.24, 2.45) is 0 Å². The Labute approximate surface area is 162 Å². The van der Waals surface area contributed by atoms with Gasteiger partial charge in [0, 0.05) is 30.4 Å². The van der Waals surface area contributed by atoms with E-state index < -0.39 is 18.5 Å². The van der Waals surface area contributed by atoms with E-state index in [1.54, 1.807) is 0 Å². The third-order valence-corrected chi connectivity index (χ3v) is 5.65. The molecular weight excluding hydrogens is 366 g/mol. The highest BCUT2D eigenvalue weighted by molar-refractivity contribution is 7.15. The molecule has 0 radical (unpaired) electrons. The van der Waals surface area contributed by atoms with Crippen molar-refractivity contribution in [1.82, 2.24) is 14.8 Å².